The van der Waals surface area contributed by atoms with Crippen molar-refractivity contribution in [2.45, 2.75) is 57.8 Å². The molecule has 2 aromatic carbocycles. The minimum Gasteiger partial charge on any atom is -0.468 e. The highest BCUT2D eigenvalue weighted by molar-refractivity contribution is 5.79. The van der Waals surface area contributed by atoms with Crippen LogP contribution >= 0.6 is 0 Å². The molecule has 1 aliphatic rings. The molecule has 9 heteroatoms. The third-order valence-electron chi connectivity index (χ3n) is 7.36. The summed E-state index contributed by atoms with van der Waals surface area (Å²) in [6.45, 7) is 2.82. The molecule has 1 atom stereocenters. The number of rotatable bonds is 8. The Morgan fingerprint density at radius 3 is 2.68 bits per heavy atom. The number of hydrogen-bond donors (Lipinski definition) is 1. The number of nitrogens with zero attached hydrogens (tertiary/aromatic N) is 5. The summed E-state index contributed by atoms with van der Waals surface area (Å²) in [5.41, 5.74) is 3.10. The highest BCUT2D eigenvalue weighted by Gasteiger charge is 2.33. The van der Waals surface area contributed by atoms with Gasteiger partial charge >= 0.3 is 0 Å². The van der Waals surface area contributed by atoms with Gasteiger partial charge in [-0.3, -0.25) is 9.69 Å². The van der Waals surface area contributed by atoms with Crippen LogP contribution in [-0.4, -0.2) is 30.1 Å². The van der Waals surface area contributed by atoms with Gasteiger partial charge in [0.25, 0.3) is 5.56 Å². The maximum Gasteiger partial charge on any atom is 0.253 e. The molecule has 3 heterocycles. The summed E-state index contributed by atoms with van der Waals surface area (Å²) >= 11 is 0. The van der Waals surface area contributed by atoms with Gasteiger partial charge in [-0.15, -0.1) is 5.10 Å². The first-order valence-electron chi connectivity index (χ1n) is 13.0. The Kier molecular flexibility index (Phi) is 6.59. The first-order valence-corrected chi connectivity index (χ1v) is 13.0. The van der Waals surface area contributed by atoms with Crippen molar-refractivity contribution in [1.29, 1.82) is 0 Å². The quantitative estimate of drug-likeness (QED) is 0.297. The van der Waals surface area contributed by atoms with Crippen LogP contribution in [0.15, 0.2) is 76.1 Å². The number of furan rings is 1. The van der Waals surface area contributed by atoms with Crippen LogP contribution in [0.2, 0.25) is 0 Å². The Balaban J connectivity index is 1.52. The van der Waals surface area contributed by atoms with E-state index in [1.165, 1.54) is 12.1 Å². The lowest BCUT2D eigenvalue weighted by Crippen LogP contribution is -2.35. The van der Waals surface area contributed by atoms with Crippen molar-refractivity contribution in [2.24, 2.45) is 0 Å². The lowest BCUT2D eigenvalue weighted by atomic mass is 10.0. The van der Waals surface area contributed by atoms with Gasteiger partial charge in [0.2, 0.25) is 0 Å². The molecule has 1 saturated carbocycles. The number of nitrogens with one attached hydrogen (secondary N) is 1. The summed E-state index contributed by atoms with van der Waals surface area (Å²) in [4.78, 5) is 18.9. The largest absolute Gasteiger partial charge is 0.468 e. The fraction of sp³-hybridized carbons (Fsp3) is 0.310. The average Bonchev–Trinajstić information content (AvgIpc) is 3.69. The number of aromatic nitrogens is 5. The zero-order chi connectivity index (χ0) is 26.1. The van der Waals surface area contributed by atoms with E-state index in [2.05, 4.69) is 25.4 Å². The van der Waals surface area contributed by atoms with Crippen molar-refractivity contribution in [3.05, 3.63) is 111 Å². The first kappa shape index (κ1) is 24.2. The molecule has 194 valence electrons. The van der Waals surface area contributed by atoms with Crippen LogP contribution in [0.4, 0.5) is 4.39 Å². The van der Waals surface area contributed by atoms with Crippen LogP contribution in [0.5, 0.6) is 0 Å². The summed E-state index contributed by atoms with van der Waals surface area (Å²) in [5, 5.41) is 13.9. The van der Waals surface area contributed by atoms with E-state index < -0.39 is 6.04 Å². The number of tetrazole rings is 1. The molecule has 1 aliphatic carbocycles. The van der Waals surface area contributed by atoms with Crippen molar-refractivity contribution < 1.29 is 8.81 Å². The van der Waals surface area contributed by atoms with Gasteiger partial charge in [0.1, 0.15) is 17.6 Å². The van der Waals surface area contributed by atoms with E-state index >= 15 is 0 Å². The second-order valence-electron chi connectivity index (χ2n) is 10.1. The molecule has 0 radical (unpaired) electrons. The van der Waals surface area contributed by atoms with Crippen LogP contribution in [0.25, 0.3) is 10.9 Å². The molecule has 0 amide bonds. The van der Waals surface area contributed by atoms with Crippen LogP contribution < -0.4 is 5.56 Å². The van der Waals surface area contributed by atoms with Crippen molar-refractivity contribution in [2.75, 3.05) is 0 Å². The highest BCUT2D eigenvalue weighted by Crippen LogP contribution is 2.35. The van der Waals surface area contributed by atoms with E-state index in [0.29, 0.717) is 24.5 Å². The van der Waals surface area contributed by atoms with Gasteiger partial charge in [0.05, 0.1) is 18.8 Å². The number of pyridine rings is 1. The number of fused-ring (bicyclic) bond motifs is 1. The minimum absolute atomic E-state index is 0.181. The van der Waals surface area contributed by atoms with Gasteiger partial charge in [-0.1, -0.05) is 37.1 Å². The molecule has 1 N–H and O–H groups in total. The number of aromatic amines is 1. The van der Waals surface area contributed by atoms with Crippen molar-refractivity contribution in [3.63, 3.8) is 0 Å². The van der Waals surface area contributed by atoms with Gasteiger partial charge in [-0.05, 0) is 83.1 Å². The summed E-state index contributed by atoms with van der Waals surface area (Å²) < 4.78 is 21.3. The Bertz CT molecular complexity index is 1590. The standard InChI is InChI=1S/C29H29FN6O2/c1-19-8-11-21-16-25(29(37)31-26(21)15-19)27(28-32-33-34-36(28)23-5-2-3-6-23)35(18-24-7-4-14-38-24)17-20-9-12-22(30)13-10-20/h4,7-16,23,27H,2-3,5-6,17-18H2,1H3,(H,31,37). The monoisotopic (exact) mass is 512 g/mol. The summed E-state index contributed by atoms with van der Waals surface area (Å²) in [6, 6.07) is 17.7. The van der Waals surface area contributed by atoms with Gasteiger partial charge in [0, 0.05) is 17.6 Å². The number of H-pyrrole nitrogens is 1. The summed E-state index contributed by atoms with van der Waals surface area (Å²) in [7, 11) is 0. The molecule has 6 rings (SSSR count). The number of halogens is 1. The van der Waals surface area contributed by atoms with E-state index in [4.69, 9.17) is 4.42 Å². The second-order valence-corrected chi connectivity index (χ2v) is 10.1. The van der Waals surface area contributed by atoms with Gasteiger partial charge in [0.15, 0.2) is 5.82 Å². The molecule has 0 saturated heterocycles. The van der Waals surface area contributed by atoms with Crippen LogP contribution in [0.3, 0.4) is 0 Å². The zero-order valence-electron chi connectivity index (χ0n) is 21.2. The lowest BCUT2D eigenvalue weighted by molar-refractivity contribution is 0.176. The Morgan fingerprint density at radius 2 is 1.92 bits per heavy atom. The van der Waals surface area contributed by atoms with Crippen molar-refractivity contribution in [3.8, 4) is 0 Å². The first-order chi connectivity index (χ1) is 18.5. The maximum atomic E-state index is 13.7. The van der Waals surface area contributed by atoms with Gasteiger partial charge in [-0.25, -0.2) is 9.07 Å². The SMILES string of the molecule is Cc1ccc2cc(C(c3nnnn3C3CCCC3)N(Cc3ccc(F)cc3)Cc3ccco3)c(=O)[nH]c2c1. The maximum absolute atomic E-state index is 13.7. The van der Waals surface area contributed by atoms with E-state index in [1.54, 1.807) is 18.4 Å². The Morgan fingerprint density at radius 1 is 1.11 bits per heavy atom. The normalized spacial score (nSPS) is 15.0. The summed E-state index contributed by atoms with van der Waals surface area (Å²) in [6.07, 6.45) is 5.86. The topological polar surface area (TPSA) is 92.8 Å². The predicted octanol–water partition coefficient (Wildman–Crippen LogP) is 5.46. The van der Waals surface area contributed by atoms with E-state index in [1.807, 2.05) is 48.0 Å². The molecule has 1 fully saturated rings. The summed E-state index contributed by atoms with van der Waals surface area (Å²) in [5.74, 6) is 1.06. The van der Waals surface area contributed by atoms with E-state index in [9.17, 15) is 9.18 Å². The third-order valence-corrected chi connectivity index (χ3v) is 7.36. The Labute approximate surface area is 219 Å². The molecule has 0 bridgehead atoms. The molecule has 1 unspecified atom stereocenters. The number of aryl methyl sites for hydroxylation is 1. The molecule has 0 aliphatic heterocycles. The number of benzene rings is 2. The molecule has 3 aromatic heterocycles. The second kappa shape index (κ2) is 10.3. The van der Waals surface area contributed by atoms with Crippen LogP contribution in [-0.2, 0) is 13.1 Å². The fourth-order valence-corrected chi connectivity index (χ4v) is 5.49. The smallest absolute Gasteiger partial charge is 0.253 e. The highest BCUT2D eigenvalue weighted by atomic mass is 19.1. The van der Waals surface area contributed by atoms with Crippen molar-refractivity contribution >= 4 is 10.9 Å². The van der Waals surface area contributed by atoms with Crippen molar-refractivity contribution in [1.82, 2.24) is 30.1 Å². The molecular weight excluding hydrogens is 483 g/mol. The molecule has 5 aromatic rings. The average molecular weight is 513 g/mol. The number of hydrogen-bond acceptors (Lipinski definition) is 6. The third kappa shape index (κ3) is 4.89. The Hall–Kier alpha value is -4.11. The van der Waals surface area contributed by atoms with Crippen LogP contribution in [0, 0.1) is 12.7 Å². The van der Waals surface area contributed by atoms with Gasteiger partial charge in [-0.2, -0.15) is 0 Å². The van der Waals surface area contributed by atoms with Gasteiger partial charge < -0.3 is 9.40 Å². The predicted molar refractivity (Wildman–Crippen MR) is 141 cm³/mol. The van der Waals surface area contributed by atoms with Crippen LogP contribution in [0.1, 0.15) is 66.0 Å². The van der Waals surface area contributed by atoms with E-state index in [0.717, 1.165) is 53.5 Å². The zero-order valence-corrected chi connectivity index (χ0v) is 21.2. The molecule has 0 spiro atoms. The lowest BCUT2D eigenvalue weighted by Gasteiger charge is -2.31. The van der Waals surface area contributed by atoms with E-state index in [-0.39, 0.29) is 17.4 Å². The molecular formula is C29H29FN6O2. The molecule has 38 heavy (non-hydrogen) atoms. The minimum atomic E-state index is -0.574. The molecule has 8 nitrogen and oxygen atoms in total. The fourth-order valence-electron chi connectivity index (χ4n) is 5.49.